The molecule has 1 amide bonds. The highest BCUT2D eigenvalue weighted by Crippen LogP contribution is 2.28. The molecule has 1 unspecified atom stereocenters. The number of hydrogen-bond donors (Lipinski definition) is 1. The normalized spacial score (nSPS) is 14.7. The number of carbonyl (C=O) groups excluding carboxylic acids is 1. The van der Waals surface area contributed by atoms with E-state index < -0.39 is 0 Å². The van der Waals surface area contributed by atoms with Crippen LogP contribution in [0.1, 0.15) is 24.7 Å². The molecule has 2 heterocycles. The maximum Gasteiger partial charge on any atom is 0.220 e. The van der Waals surface area contributed by atoms with Crippen LogP contribution in [0, 0.1) is 0 Å². The van der Waals surface area contributed by atoms with Crippen molar-refractivity contribution in [2.75, 3.05) is 18.0 Å². The van der Waals surface area contributed by atoms with Crippen molar-refractivity contribution in [1.29, 1.82) is 0 Å². The predicted octanol–water partition coefficient (Wildman–Crippen LogP) is 2.78. The topological polar surface area (TPSA) is 45.5 Å². The van der Waals surface area contributed by atoms with E-state index in [1.807, 2.05) is 12.1 Å². The van der Waals surface area contributed by atoms with Crippen LogP contribution in [-0.2, 0) is 17.6 Å². The monoisotopic (exact) mass is 298 g/mol. The summed E-state index contributed by atoms with van der Waals surface area (Å²) in [6.07, 6.45) is 3.85. The molecule has 0 bridgehead atoms. The van der Waals surface area contributed by atoms with Crippen LogP contribution in [0.2, 0.25) is 0 Å². The number of nitrogens with zero attached hydrogens (tertiary/aromatic N) is 1. The number of anilines is 1. The molecule has 116 valence electrons. The molecule has 22 heavy (non-hydrogen) atoms. The van der Waals surface area contributed by atoms with Crippen LogP contribution in [-0.4, -0.2) is 25.0 Å². The van der Waals surface area contributed by atoms with E-state index in [9.17, 15) is 4.79 Å². The van der Waals surface area contributed by atoms with E-state index in [-0.39, 0.29) is 5.91 Å². The molecule has 1 atom stereocenters. The highest BCUT2D eigenvalue weighted by molar-refractivity contribution is 5.76. The van der Waals surface area contributed by atoms with Crippen molar-refractivity contribution in [1.82, 2.24) is 5.32 Å². The Labute approximate surface area is 131 Å². The average Bonchev–Trinajstić information content (AvgIpc) is 3.19. The maximum absolute atomic E-state index is 11.9. The fourth-order valence-corrected chi connectivity index (χ4v) is 2.97. The molecule has 1 aromatic heterocycles. The number of carbonyl (C=O) groups is 1. The van der Waals surface area contributed by atoms with Crippen LogP contribution in [0.4, 0.5) is 5.69 Å². The number of amides is 1. The lowest BCUT2D eigenvalue weighted by molar-refractivity contribution is -0.121. The summed E-state index contributed by atoms with van der Waals surface area (Å²) in [6.45, 7) is 3.86. The van der Waals surface area contributed by atoms with E-state index in [1.165, 1.54) is 11.3 Å². The summed E-state index contributed by atoms with van der Waals surface area (Å²) >= 11 is 0. The lowest BCUT2D eigenvalue weighted by atomic mass is 10.2. The second-order valence-corrected chi connectivity index (χ2v) is 5.80. The third-order valence-corrected chi connectivity index (χ3v) is 4.23. The molecule has 2 aromatic rings. The van der Waals surface area contributed by atoms with Gasteiger partial charge in [0, 0.05) is 37.7 Å². The van der Waals surface area contributed by atoms with Crippen molar-refractivity contribution in [3.05, 3.63) is 54.0 Å². The maximum atomic E-state index is 11.9. The highest BCUT2D eigenvalue weighted by Gasteiger charge is 2.22. The summed E-state index contributed by atoms with van der Waals surface area (Å²) in [7, 11) is 0. The third kappa shape index (κ3) is 3.32. The fourth-order valence-electron chi connectivity index (χ4n) is 2.97. The first-order valence-electron chi connectivity index (χ1n) is 7.87. The zero-order chi connectivity index (χ0) is 15.4. The van der Waals surface area contributed by atoms with Crippen molar-refractivity contribution in [3.63, 3.8) is 0 Å². The predicted molar refractivity (Wildman–Crippen MR) is 87.0 cm³/mol. The van der Waals surface area contributed by atoms with Gasteiger partial charge in [-0.25, -0.2) is 0 Å². The van der Waals surface area contributed by atoms with Crippen molar-refractivity contribution in [3.8, 4) is 0 Å². The summed E-state index contributed by atoms with van der Waals surface area (Å²) in [4.78, 5) is 14.3. The molecule has 1 aromatic carbocycles. The summed E-state index contributed by atoms with van der Waals surface area (Å²) in [5.41, 5.74) is 2.71. The van der Waals surface area contributed by atoms with Crippen molar-refractivity contribution in [2.24, 2.45) is 0 Å². The van der Waals surface area contributed by atoms with Gasteiger partial charge in [-0.3, -0.25) is 4.79 Å². The van der Waals surface area contributed by atoms with Crippen molar-refractivity contribution < 1.29 is 9.21 Å². The molecule has 1 aliphatic heterocycles. The Morgan fingerprint density at radius 3 is 3.00 bits per heavy atom. The summed E-state index contributed by atoms with van der Waals surface area (Å²) in [5, 5.41) is 3.03. The van der Waals surface area contributed by atoms with Gasteiger partial charge in [0.15, 0.2) is 0 Å². The van der Waals surface area contributed by atoms with Crippen LogP contribution in [0.5, 0.6) is 0 Å². The average molecular weight is 298 g/mol. The molecule has 0 radical (unpaired) electrons. The first-order valence-corrected chi connectivity index (χ1v) is 7.87. The van der Waals surface area contributed by atoms with Crippen LogP contribution in [0.3, 0.4) is 0 Å². The third-order valence-electron chi connectivity index (χ3n) is 4.23. The number of furan rings is 1. The zero-order valence-electron chi connectivity index (χ0n) is 12.9. The van der Waals surface area contributed by atoms with E-state index in [2.05, 4.69) is 41.4 Å². The number of aryl methyl sites for hydroxylation is 1. The number of rotatable bonds is 6. The van der Waals surface area contributed by atoms with Crippen molar-refractivity contribution in [2.45, 2.75) is 32.2 Å². The minimum atomic E-state index is 0.0794. The molecule has 3 rings (SSSR count). The minimum Gasteiger partial charge on any atom is -0.469 e. The van der Waals surface area contributed by atoms with Gasteiger partial charge in [0.25, 0.3) is 0 Å². The number of nitrogens with one attached hydrogen (secondary N) is 1. The molecule has 0 spiro atoms. The van der Waals surface area contributed by atoms with E-state index in [0.717, 1.165) is 18.7 Å². The largest absolute Gasteiger partial charge is 0.469 e. The van der Waals surface area contributed by atoms with Gasteiger partial charge >= 0.3 is 0 Å². The molecule has 4 nitrogen and oxygen atoms in total. The fraction of sp³-hybridized carbons (Fsp3) is 0.389. The highest BCUT2D eigenvalue weighted by atomic mass is 16.3. The molecule has 0 saturated carbocycles. The first kappa shape index (κ1) is 14.7. The molecule has 0 saturated heterocycles. The summed E-state index contributed by atoms with van der Waals surface area (Å²) < 4.78 is 5.24. The molecule has 1 aliphatic rings. The van der Waals surface area contributed by atoms with Crippen LogP contribution in [0.15, 0.2) is 47.1 Å². The zero-order valence-corrected chi connectivity index (χ0v) is 12.9. The molecular formula is C18H22N2O2. The minimum absolute atomic E-state index is 0.0794. The van der Waals surface area contributed by atoms with Gasteiger partial charge in [0.1, 0.15) is 5.76 Å². The Hall–Kier alpha value is -2.23. The smallest absolute Gasteiger partial charge is 0.220 e. The molecule has 0 aliphatic carbocycles. The van der Waals surface area contributed by atoms with Gasteiger partial charge in [-0.15, -0.1) is 0 Å². The number of benzene rings is 1. The van der Waals surface area contributed by atoms with E-state index in [1.54, 1.807) is 6.26 Å². The molecule has 0 fully saturated rings. The van der Waals surface area contributed by atoms with Crippen LogP contribution < -0.4 is 10.2 Å². The molecule has 4 heteroatoms. The van der Waals surface area contributed by atoms with Crippen LogP contribution in [0.25, 0.3) is 0 Å². The standard InChI is InChI=1S/C18H22N2O2/c1-14(20-11-10-15-5-2-3-7-17(15)20)13-19-18(21)9-8-16-6-4-12-22-16/h2-7,12,14H,8-11,13H2,1H3,(H,19,21). The Morgan fingerprint density at radius 1 is 1.32 bits per heavy atom. The van der Waals surface area contributed by atoms with Gasteiger partial charge in [0.2, 0.25) is 5.91 Å². The van der Waals surface area contributed by atoms with E-state index in [4.69, 9.17) is 4.42 Å². The molecule has 1 N–H and O–H groups in total. The summed E-state index contributed by atoms with van der Waals surface area (Å²) in [6, 6.07) is 12.6. The van der Waals surface area contributed by atoms with Gasteiger partial charge in [-0.2, -0.15) is 0 Å². The van der Waals surface area contributed by atoms with E-state index in [0.29, 0.717) is 25.4 Å². The van der Waals surface area contributed by atoms with Gasteiger partial charge in [0.05, 0.1) is 6.26 Å². The van der Waals surface area contributed by atoms with Crippen molar-refractivity contribution >= 4 is 11.6 Å². The number of fused-ring (bicyclic) bond motifs is 1. The van der Waals surface area contributed by atoms with E-state index >= 15 is 0 Å². The lowest BCUT2D eigenvalue weighted by Crippen LogP contribution is -2.41. The Balaban J connectivity index is 1.46. The lowest BCUT2D eigenvalue weighted by Gasteiger charge is -2.27. The van der Waals surface area contributed by atoms with Gasteiger partial charge < -0.3 is 14.6 Å². The van der Waals surface area contributed by atoms with Gasteiger partial charge in [-0.1, -0.05) is 18.2 Å². The quantitative estimate of drug-likeness (QED) is 0.892. The Bertz CT molecular complexity index is 622. The van der Waals surface area contributed by atoms with Gasteiger partial charge in [-0.05, 0) is 37.1 Å². The second kappa shape index (κ2) is 6.69. The first-order chi connectivity index (χ1) is 10.7. The van der Waals surface area contributed by atoms with Crippen LogP contribution >= 0.6 is 0 Å². The SMILES string of the molecule is CC(CNC(=O)CCc1ccco1)N1CCc2ccccc21. The number of para-hydroxylation sites is 1. The number of hydrogen-bond acceptors (Lipinski definition) is 3. The Kier molecular flexibility index (Phi) is 4.47. The Morgan fingerprint density at radius 2 is 2.18 bits per heavy atom. The second-order valence-electron chi connectivity index (χ2n) is 5.80. The molecular weight excluding hydrogens is 276 g/mol. The summed E-state index contributed by atoms with van der Waals surface area (Å²) in [5.74, 6) is 0.937.